The highest BCUT2D eigenvalue weighted by Gasteiger charge is 2.05. The molecule has 0 amide bonds. The van der Waals surface area contributed by atoms with Gasteiger partial charge in [0.25, 0.3) is 0 Å². The molecule has 0 atom stereocenters. The number of hydrogen-bond acceptors (Lipinski definition) is 4. The van der Waals surface area contributed by atoms with E-state index in [1.54, 1.807) is 12.4 Å². The highest BCUT2D eigenvalue weighted by molar-refractivity contribution is 5.65. The zero-order chi connectivity index (χ0) is 16.2. The van der Waals surface area contributed by atoms with Gasteiger partial charge in [0.1, 0.15) is 0 Å². The van der Waals surface area contributed by atoms with Crippen molar-refractivity contribution in [2.75, 3.05) is 0 Å². The number of nitrogens with zero attached hydrogens (tertiary/aromatic N) is 4. The topological polar surface area (TPSA) is 51.6 Å². The lowest BCUT2D eigenvalue weighted by molar-refractivity contribution is 1.23. The molecule has 0 unspecified atom stereocenters. The molecule has 0 aliphatic heterocycles. The minimum Gasteiger partial charge on any atom is -0.256 e. The fraction of sp³-hybridized carbons (Fsp3) is 0. The molecule has 4 heterocycles. The van der Waals surface area contributed by atoms with E-state index in [0.29, 0.717) is 0 Å². The first kappa shape index (κ1) is 14.2. The summed E-state index contributed by atoms with van der Waals surface area (Å²) in [5.41, 5.74) is 5.48. The van der Waals surface area contributed by atoms with Crippen molar-refractivity contribution in [3.8, 4) is 33.9 Å². The van der Waals surface area contributed by atoms with Crippen LogP contribution in [0.15, 0.2) is 85.5 Å². The molecule has 0 saturated carbocycles. The first-order valence-electron chi connectivity index (χ1n) is 7.65. The molecule has 4 aromatic heterocycles. The van der Waals surface area contributed by atoms with Gasteiger partial charge in [0.15, 0.2) is 0 Å². The molecule has 0 N–H and O–H groups in total. The quantitative estimate of drug-likeness (QED) is 0.567. The van der Waals surface area contributed by atoms with Crippen molar-refractivity contribution < 1.29 is 0 Å². The van der Waals surface area contributed by atoms with Gasteiger partial charge in [0.2, 0.25) is 0 Å². The summed E-state index contributed by atoms with van der Waals surface area (Å²) in [7, 11) is 0. The van der Waals surface area contributed by atoms with Crippen molar-refractivity contribution in [2.24, 2.45) is 0 Å². The van der Waals surface area contributed by atoms with E-state index in [2.05, 4.69) is 19.9 Å². The maximum atomic E-state index is 4.51. The Bertz CT molecular complexity index is 838. The molecular formula is C20H14N4. The predicted octanol–water partition coefficient (Wildman–Crippen LogP) is 4.27. The normalized spacial score (nSPS) is 10.5. The van der Waals surface area contributed by atoms with Gasteiger partial charge in [-0.25, -0.2) is 0 Å². The summed E-state index contributed by atoms with van der Waals surface area (Å²) in [4.78, 5) is 17.7. The molecule has 0 bridgehead atoms. The molecule has 4 rings (SSSR count). The molecular weight excluding hydrogens is 296 g/mol. The third-order valence-electron chi connectivity index (χ3n) is 3.71. The second kappa shape index (κ2) is 6.38. The Balaban J connectivity index is 1.60. The van der Waals surface area contributed by atoms with Crippen molar-refractivity contribution >= 4 is 0 Å². The van der Waals surface area contributed by atoms with Crippen LogP contribution in [0.4, 0.5) is 0 Å². The highest BCUT2D eigenvalue weighted by atomic mass is 14.8. The van der Waals surface area contributed by atoms with Gasteiger partial charge in [-0.05, 0) is 48.5 Å². The van der Waals surface area contributed by atoms with Crippen LogP contribution in [0.3, 0.4) is 0 Å². The molecule has 0 aromatic carbocycles. The van der Waals surface area contributed by atoms with Crippen LogP contribution < -0.4 is 0 Å². The smallest absolute Gasteiger partial charge is 0.0886 e. The van der Waals surface area contributed by atoms with E-state index in [0.717, 1.165) is 33.9 Å². The summed E-state index contributed by atoms with van der Waals surface area (Å²) >= 11 is 0. The maximum Gasteiger partial charge on any atom is 0.0886 e. The second-order valence-corrected chi connectivity index (χ2v) is 5.29. The van der Waals surface area contributed by atoms with E-state index in [1.165, 1.54) is 0 Å². The predicted molar refractivity (Wildman–Crippen MR) is 93.9 cm³/mol. The van der Waals surface area contributed by atoms with Gasteiger partial charge in [-0.2, -0.15) is 0 Å². The van der Waals surface area contributed by atoms with Gasteiger partial charge in [0.05, 0.1) is 22.8 Å². The zero-order valence-corrected chi connectivity index (χ0v) is 12.9. The SMILES string of the molecule is c1ccc(-c2ccc(-c3ccc(-c4ccccn4)cn3)nc2)nc1. The van der Waals surface area contributed by atoms with Gasteiger partial charge in [-0.15, -0.1) is 0 Å². The van der Waals surface area contributed by atoms with Crippen LogP contribution in [0.5, 0.6) is 0 Å². The molecule has 4 heteroatoms. The van der Waals surface area contributed by atoms with Gasteiger partial charge in [-0.3, -0.25) is 19.9 Å². The van der Waals surface area contributed by atoms with E-state index < -0.39 is 0 Å². The summed E-state index contributed by atoms with van der Waals surface area (Å²) in [6.45, 7) is 0. The van der Waals surface area contributed by atoms with Crippen LogP contribution >= 0.6 is 0 Å². The fourth-order valence-electron chi connectivity index (χ4n) is 2.46. The maximum absolute atomic E-state index is 4.51. The standard InChI is InChI=1S/C20H14N4/c1-3-11-21-17(5-1)15-7-9-19(23-13-15)20-10-8-16(14-24-20)18-6-2-4-12-22-18/h1-14H. The first-order chi connectivity index (χ1) is 11.9. The summed E-state index contributed by atoms with van der Waals surface area (Å²) < 4.78 is 0. The first-order valence-corrected chi connectivity index (χ1v) is 7.65. The van der Waals surface area contributed by atoms with Crippen LogP contribution in [0.2, 0.25) is 0 Å². The average molecular weight is 310 g/mol. The number of pyridine rings is 4. The lowest BCUT2D eigenvalue weighted by Gasteiger charge is -2.04. The molecule has 0 fully saturated rings. The molecule has 24 heavy (non-hydrogen) atoms. The van der Waals surface area contributed by atoms with Crippen molar-refractivity contribution in [1.82, 2.24) is 19.9 Å². The van der Waals surface area contributed by atoms with Crippen molar-refractivity contribution in [2.45, 2.75) is 0 Å². The van der Waals surface area contributed by atoms with Crippen LogP contribution in [-0.4, -0.2) is 19.9 Å². The fourth-order valence-corrected chi connectivity index (χ4v) is 2.46. The Morgan fingerprint density at radius 1 is 0.417 bits per heavy atom. The molecule has 0 saturated heterocycles. The number of hydrogen-bond donors (Lipinski definition) is 0. The Morgan fingerprint density at radius 3 is 1.25 bits per heavy atom. The van der Waals surface area contributed by atoms with E-state index in [-0.39, 0.29) is 0 Å². The van der Waals surface area contributed by atoms with Crippen LogP contribution in [-0.2, 0) is 0 Å². The van der Waals surface area contributed by atoms with Gasteiger partial charge >= 0.3 is 0 Å². The third-order valence-corrected chi connectivity index (χ3v) is 3.71. The van der Waals surface area contributed by atoms with E-state index >= 15 is 0 Å². The summed E-state index contributed by atoms with van der Waals surface area (Å²) in [6, 6.07) is 19.6. The van der Waals surface area contributed by atoms with E-state index in [1.807, 2.05) is 73.1 Å². The molecule has 4 nitrogen and oxygen atoms in total. The second-order valence-electron chi connectivity index (χ2n) is 5.29. The summed E-state index contributed by atoms with van der Waals surface area (Å²) in [5.74, 6) is 0. The van der Waals surface area contributed by atoms with Gasteiger partial charge < -0.3 is 0 Å². The Kier molecular flexibility index (Phi) is 3.78. The summed E-state index contributed by atoms with van der Waals surface area (Å²) in [6.07, 6.45) is 7.21. The van der Waals surface area contributed by atoms with Gasteiger partial charge in [0, 0.05) is 35.9 Å². The lowest BCUT2D eigenvalue weighted by Crippen LogP contribution is -1.90. The largest absolute Gasteiger partial charge is 0.256 e. The van der Waals surface area contributed by atoms with Crippen LogP contribution in [0, 0.1) is 0 Å². The number of aromatic nitrogens is 4. The van der Waals surface area contributed by atoms with E-state index in [4.69, 9.17) is 0 Å². The van der Waals surface area contributed by atoms with Crippen molar-refractivity contribution in [3.63, 3.8) is 0 Å². The lowest BCUT2D eigenvalue weighted by atomic mass is 10.1. The van der Waals surface area contributed by atoms with Crippen molar-refractivity contribution in [3.05, 3.63) is 85.5 Å². The molecule has 0 aliphatic rings. The minimum absolute atomic E-state index is 0.835. The Morgan fingerprint density at radius 2 is 0.917 bits per heavy atom. The van der Waals surface area contributed by atoms with Crippen LogP contribution in [0.1, 0.15) is 0 Å². The van der Waals surface area contributed by atoms with Crippen molar-refractivity contribution in [1.29, 1.82) is 0 Å². The monoisotopic (exact) mass is 310 g/mol. The Labute approximate surface area is 139 Å². The zero-order valence-electron chi connectivity index (χ0n) is 12.9. The van der Waals surface area contributed by atoms with E-state index in [9.17, 15) is 0 Å². The minimum atomic E-state index is 0.835. The average Bonchev–Trinajstić information content (AvgIpc) is 2.70. The Hall–Kier alpha value is -3.40. The molecule has 0 aliphatic carbocycles. The molecule has 114 valence electrons. The molecule has 4 aromatic rings. The number of rotatable bonds is 3. The molecule has 0 spiro atoms. The van der Waals surface area contributed by atoms with Gasteiger partial charge in [-0.1, -0.05) is 12.1 Å². The highest BCUT2D eigenvalue weighted by Crippen LogP contribution is 2.22. The van der Waals surface area contributed by atoms with Crippen LogP contribution in [0.25, 0.3) is 33.9 Å². The molecule has 0 radical (unpaired) electrons. The third kappa shape index (κ3) is 2.90. The summed E-state index contributed by atoms with van der Waals surface area (Å²) in [5, 5.41) is 0.